The van der Waals surface area contributed by atoms with Crippen LogP contribution in [0.25, 0.3) is 0 Å². The van der Waals surface area contributed by atoms with Crippen LogP contribution in [0.3, 0.4) is 0 Å². The first kappa shape index (κ1) is 24.7. The third kappa shape index (κ3) is 5.53. The minimum Gasteiger partial charge on any atom is -0.355 e. The normalized spacial score (nSPS) is 15.8. The number of alkyl halides is 3. The summed E-state index contributed by atoms with van der Waals surface area (Å²) < 4.78 is 65.6. The summed E-state index contributed by atoms with van der Waals surface area (Å²) in [6.45, 7) is 1.80. The largest absolute Gasteiger partial charge is 0.416 e. The Bertz CT molecular complexity index is 1160. The van der Waals surface area contributed by atoms with E-state index in [0.29, 0.717) is 17.3 Å². The van der Waals surface area contributed by atoms with Crippen molar-refractivity contribution >= 4 is 27.5 Å². The first-order valence-electron chi connectivity index (χ1n) is 10.2. The van der Waals surface area contributed by atoms with Crippen LogP contribution in [0.1, 0.15) is 34.3 Å². The number of hydrogen-bond donors (Lipinski definition) is 2. The summed E-state index contributed by atoms with van der Waals surface area (Å²) in [6, 6.07) is 8.55. The highest BCUT2D eigenvalue weighted by Gasteiger charge is 2.35. The Labute approximate surface area is 190 Å². The van der Waals surface area contributed by atoms with Crippen LogP contribution in [0.5, 0.6) is 0 Å². The number of benzene rings is 2. The lowest BCUT2D eigenvalue weighted by molar-refractivity contribution is -0.137. The summed E-state index contributed by atoms with van der Waals surface area (Å²) in [5.41, 5.74) is 0.605. The van der Waals surface area contributed by atoms with E-state index in [9.17, 15) is 31.2 Å². The van der Waals surface area contributed by atoms with Crippen LogP contribution in [0.2, 0.25) is 0 Å². The monoisotopic (exact) mass is 483 g/mol. The molecule has 1 saturated heterocycles. The molecule has 1 fully saturated rings. The summed E-state index contributed by atoms with van der Waals surface area (Å²) in [7, 11) is -2.62. The van der Waals surface area contributed by atoms with Gasteiger partial charge < -0.3 is 10.6 Å². The number of piperidine rings is 1. The summed E-state index contributed by atoms with van der Waals surface area (Å²) in [6.07, 6.45) is -4.21. The van der Waals surface area contributed by atoms with Gasteiger partial charge in [-0.05, 0) is 55.7 Å². The lowest BCUT2D eigenvalue weighted by Crippen LogP contribution is -2.41. The van der Waals surface area contributed by atoms with Gasteiger partial charge in [-0.15, -0.1) is 0 Å². The van der Waals surface area contributed by atoms with Crippen molar-refractivity contribution in [1.29, 1.82) is 0 Å². The zero-order chi connectivity index (χ0) is 24.4. The fourth-order valence-corrected chi connectivity index (χ4v) is 5.13. The molecule has 2 amide bonds. The highest BCUT2D eigenvalue weighted by atomic mass is 32.2. The second-order valence-corrected chi connectivity index (χ2v) is 9.74. The van der Waals surface area contributed by atoms with Crippen LogP contribution in [0, 0.1) is 12.8 Å². The molecule has 7 nitrogen and oxygen atoms in total. The van der Waals surface area contributed by atoms with Gasteiger partial charge in [0, 0.05) is 37.3 Å². The predicted molar refractivity (Wildman–Crippen MR) is 116 cm³/mol. The zero-order valence-corrected chi connectivity index (χ0v) is 18.9. The molecule has 1 aliphatic heterocycles. The molecule has 178 valence electrons. The molecule has 0 aliphatic carbocycles. The standard InChI is InChI=1S/C22H24F3N3O4S/c1-14-6-7-16(20(29)26-2)12-19(14)27-21(30)15-8-10-28(11-9-15)33(31,32)18-5-3-4-17(13-18)22(23,24)25/h3-7,12-13,15H,8-11H2,1-2H3,(H,26,29)(H,27,30). The van der Waals surface area contributed by atoms with Crippen molar-refractivity contribution in [2.45, 2.75) is 30.8 Å². The summed E-state index contributed by atoms with van der Waals surface area (Å²) >= 11 is 0. The number of nitrogens with one attached hydrogen (secondary N) is 2. The van der Waals surface area contributed by atoms with E-state index in [-0.39, 0.29) is 37.7 Å². The highest BCUT2D eigenvalue weighted by Crippen LogP contribution is 2.32. The number of aryl methyl sites for hydroxylation is 1. The van der Waals surface area contributed by atoms with Crippen LogP contribution in [0.4, 0.5) is 18.9 Å². The lowest BCUT2D eigenvalue weighted by Gasteiger charge is -2.30. The maximum Gasteiger partial charge on any atom is 0.416 e. The molecule has 3 rings (SSSR count). The van der Waals surface area contributed by atoms with E-state index in [1.165, 1.54) is 7.05 Å². The maximum atomic E-state index is 13.0. The quantitative estimate of drug-likeness (QED) is 0.681. The molecule has 11 heteroatoms. The first-order chi connectivity index (χ1) is 15.4. The molecule has 1 heterocycles. The second-order valence-electron chi connectivity index (χ2n) is 7.80. The fraction of sp³-hybridized carbons (Fsp3) is 0.364. The summed E-state index contributed by atoms with van der Waals surface area (Å²) in [5, 5.41) is 5.31. The van der Waals surface area contributed by atoms with E-state index in [1.54, 1.807) is 25.1 Å². The Morgan fingerprint density at radius 1 is 1.06 bits per heavy atom. The third-order valence-corrected chi connectivity index (χ3v) is 7.50. The molecule has 1 aliphatic rings. The minimum atomic E-state index is -4.65. The van der Waals surface area contributed by atoms with Crippen molar-refractivity contribution in [3.8, 4) is 0 Å². The van der Waals surface area contributed by atoms with Crippen LogP contribution in [-0.4, -0.2) is 44.7 Å². The molecule has 2 aromatic rings. The van der Waals surface area contributed by atoms with Gasteiger partial charge in [0.15, 0.2) is 0 Å². The third-order valence-electron chi connectivity index (χ3n) is 5.61. The van der Waals surface area contributed by atoms with E-state index in [2.05, 4.69) is 10.6 Å². The molecule has 0 aromatic heterocycles. The van der Waals surface area contributed by atoms with Gasteiger partial charge in [0.05, 0.1) is 10.5 Å². The SMILES string of the molecule is CNC(=O)c1ccc(C)c(NC(=O)C2CCN(S(=O)(=O)c3cccc(C(F)(F)F)c3)CC2)c1. The Morgan fingerprint density at radius 3 is 2.33 bits per heavy atom. The molecule has 2 N–H and O–H groups in total. The van der Waals surface area contributed by atoms with Crippen molar-refractivity contribution in [3.05, 3.63) is 59.2 Å². The fourth-order valence-electron chi connectivity index (χ4n) is 3.62. The van der Waals surface area contributed by atoms with Crippen molar-refractivity contribution in [3.63, 3.8) is 0 Å². The van der Waals surface area contributed by atoms with Gasteiger partial charge in [0.1, 0.15) is 0 Å². The smallest absolute Gasteiger partial charge is 0.355 e. The van der Waals surface area contributed by atoms with Crippen molar-refractivity contribution in [1.82, 2.24) is 9.62 Å². The maximum absolute atomic E-state index is 13.0. The van der Waals surface area contributed by atoms with Gasteiger partial charge in [-0.1, -0.05) is 12.1 Å². The number of amides is 2. The van der Waals surface area contributed by atoms with Gasteiger partial charge in [0.2, 0.25) is 15.9 Å². The Hall–Kier alpha value is -2.92. The highest BCUT2D eigenvalue weighted by molar-refractivity contribution is 7.89. The molecule has 2 aromatic carbocycles. The number of rotatable bonds is 5. The van der Waals surface area contributed by atoms with Crippen molar-refractivity contribution in [2.75, 3.05) is 25.5 Å². The van der Waals surface area contributed by atoms with Gasteiger partial charge >= 0.3 is 6.18 Å². The van der Waals surface area contributed by atoms with Crippen molar-refractivity contribution < 1.29 is 31.2 Å². The lowest BCUT2D eigenvalue weighted by atomic mass is 9.97. The molecule has 0 unspecified atom stereocenters. The number of nitrogens with zero attached hydrogens (tertiary/aromatic N) is 1. The number of halogens is 3. The van der Waals surface area contributed by atoms with E-state index in [4.69, 9.17) is 0 Å². The van der Waals surface area contributed by atoms with Crippen LogP contribution in [-0.2, 0) is 21.0 Å². The zero-order valence-electron chi connectivity index (χ0n) is 18.1. The molecule has 0 atom stereocenters. The molecule has 0 radical (unpaired) electrons. The average molecular weight is 484 g/mol. The Morgan fingerprint density at radius 2 is 1.73 bits per heavy atom. The Kier molecular flexibility index (Phi) is 7.13. The van der Waals surface area contributed by atoms with Crippen LogP contribution >= 0.6 is 0 Å². The van der Waals surface area contributed by atoms with Gasteiger partial charge in [-0.25, -0.2) is 8.42 Å². The molecule has 33 heavy (non-hydrogen) atoms. The molecular formula is C22H24F3N3O4S. The molecular weight excluding hydrogens is 459 g/mol. The van der Waals surface area contributed by atoms with Gasteiger partial charge in [-0.3, -0.25) is 9.59 Å². The summed E-state index contributed by atoms with van der Waals surface area (Å²) in [5.74, 6) is -1.07. The van der Waals surface area contributed by atoms with Gasteiger partial charge in [0.25, 0.3) is 5.91 Å². The Balaban J connectivity index is 1.67. The van der Waals surface area contributed by atoms with E-state index in [1.807, 2.05) is 0 Å². The predicted octanol–water partition coefficient (Wildman–Crippen LogP) is 3.41. The summed E-state index contributed by atoms with van der Waals surface area (Å²) in [4.78, 5) is 24.2. The number of carbonyl (C=O) groups excluding carboxylic acids is 2. The minimum absolute atomic E-state index is 0.00787. The average Bonchev–Trinajstić information content (AvgIpc) is 2.79. The van der Waals surface area contributed by atoms with Crippen molar-refractivity contribution in [2.24, 2.45) is 5.92 Å². The van der Waals surface area contributed by atoms with Gasteiger partial charge in [-0.2, -0.15) is 17.5 Å². The molecule has 0 spiro atoms. The first-order valence-corrected chi connectivity index (χ1v) is 11.7. The van der Waals surface area contributed by atoms with E-state index >= 15 is 0 Å². The molecule has 0 bridgehead atoms. The topological polar surface area (TPSA) is 95.6 Å². The number of anilines is 1. The van der Waals surface area contributed by atoms with Crippen LogP contribution in [0.15, 0.2) is 47.4 Å². The number of sulfonamides is 1. The second kappa shape index (κ2) is 9.52. The molecule has 0 saturated carbocycles. The number of carbonyl (C=O) groups is 2. The van der Waals surface area contributed by atoms with E-state index in [0.717, 1.165) is 28.1 Å². The van der Waals surface area contributed by atoms with E-state index < -0.39 is 32.6 Å². The number of hydrogen-bond acceptors (Lipinski definition) is 4. The van der Waals surface area contributed by atoms with Crippen LogP contribution < -0.4 is 10.6 Å².